The molecule has 0 radical (unpaired) electrons. The average molecular weight is 296 g/mol. The molecule has 2 atom stereocenters. The van der Waals surface area contributed by atoms with Crippen molar-refractivity contribution in [3.8, 4) is 0 Å². The second-order valence-electron chi connectivity index (χ2n) is 6.03. The van der Waals surface area contributed by atoms with Crippen LogP contribution in [0, 0.1) is 19.3 Å². The van der Waals surface area contributed by atoms with Crippen molar-refractivity contribution < 1.29 is 19.5 Å². The normalized spacial score (nSPS) is 27.0. The number of nitrogens with zero attached hydrogens (tertiary/aromatic N) is 2. The lowest BCUT2D eigenvalue weighted by Gasteiger charge is -2.43. The minimum Gasteiger partial charge on any atom is -0.481 e. The summed E-state index contributed by atoms with van der Waals surface area (Å²) in [6.45, 7) is 7.37. The van der Waals surface area contributed by atoms with Crippen LogP contribution in [0.1, 0.15) is 43.2 Å². The second kappa shape index (κ2) is 6.15. The average Bonchev–Trinajstić information content (AvgIpc) is 2.74. The number of carbonyl (C=O) groups is 1. The van der Waals surface area contributed by atoms with E-state index in [1.807, 2.05) is 20.8 Å². The number of aliphatic hydroxyl groups excluding tert-OH is 1. The smallest absolute Gasteiger partial charge is 0.313 e. The summed E-state index contributed by atoms with van der Waals surface area (Å²) in [7, 11) is 0. The molecule has 0 aromatic carbocycles. The van der Waals surface area contributed by atoms with Gasteiger partial charge in [0.2, 0.25) is 0 Å². The Labute approximate surface area is 124 Å². The maximum Gasteiger partial charge on any atom is 0.313 e. The Morgan fingerprint density at radius 1 is 1.52 bits per heavy atom. The lowest BCUT2D eigenvalue weighted by atomic mass is 9.74. The van der Waals surface area contributed by atoms with E-state index in [0.717, 1.165) is 23.4 Å². The zero-order valence-corrected chi connectivity index (χ0v) is 12.9. The van der Waals surface area contributed by atoms with Gasteiger partial charge in [-0.1, -0.05) is 18.5 Å². The van der Waals surface area contributed by atoms with Crippen molar-refractivity contribution in [2.45, 2.75) is 52.7 Å². The van der Waals surface area contributed by atoms with E-state index < -0.39 is 17.5 Å². The predicted octanol–water partition coefficient (Wildman–Crippen LogP) is 1.73. The van der Waals surface area contributed by atoms with Crippen LogP contribution in [0.2, 0.25) is 0 Å². The van der Waals surface area contributed by atoms with Gasteiger partial charge in [0, 0.05) is 25.2 Å². The molecule has 1 fully saturated rings. The van der Waals surface area contributed by atoms with Crippen molar-refractivity contribution in [1.29, 1.82) is 0 Å². The first kappa shape index (κ1) is 16.0. The molecule has 1 aliphatic heterocycles. The number of aliphatic carboxylic acids is 1. The van der Waals surface area contributed by atoms with Gasteiger partial charge in [-0.25, -0.2) is 0 Å². The van der Waals surface area contributed by atoms with E-state index in [1.165, 1.54) is 0 Å². The first-order valence-electron chi connectivity index (χ1n) is 7.46. The molecule has 21 heavy (non-hydrogen) atoms. The predicted molar refractivity (Wildman–Crippen MR) is 76.9 cm³/mol. The molecule has 2 rings (SSSR count). The van der Waals surface area contributed by atoms with Gasteiger partial charge >= 0.3 is 5.97 Å². The highest BCUT2D eigenvalue weighted by atomic mass is 16.5. The number of carboxylic acids is 1. The molecule has 0 aliphatic carbocycles. The SMILES string of the molecule is CCC[C@@]1(C(=O)O)CN(Cc2c(C)noc2C)CC[C@@H]1O. The van der Waals surface area contributed by atoms with Gasteiger partial charge < -0.3 is 14.7 Å². The van der Waals surface area contributed by atoms with Gasteiger partial charge in [-0.05, 0) is 26.7 Å². The van der Waals surface area contributed by atoms with Crippen molar-refractivity contribution in [1.82, 2.24) is 10.1 Å². The van der Waals surface area contributed by atoms with Gasteiger partial charge in [0.1, 0.15) is 11.2 Å². The molecule has 2 heterocycles. The third kappa shape index (κ3) is 2.96. The number of likely N-dealkylation sites (tertiary alicyclic amines) is 1. The second-order valence-corrected chi connectivity index (χ2v) is 6.03. The standard InChI is InChI=1S/C15H24N2O4/c1-4-6-15(14(19)20)9-17(7-5-13(15)18)8-12-10(2)16-21-11(12)3/h13,18H,4-9H2,1-3H3,(H,19,20)/t13-,15+/m0/s1. The highest BCUT2D eigenvalue weighted by molar-refractivity contribution is 5.76. The number of hydrogen-bond donors (Lipinski definition) is 2. The van der Waals surface area contributed by atoms with Crippen molar-refractivity contribution in [3.63, 3.8) is 0 Å². The Morgan fingerprint density at radius 2 is 2.24 bits per heavy atom. The summed E-state index contributed by atoms with van der Waals surface area (Å²) in [6, 6.07) is 0. The Hall–Kier alpha value is -1.40. The number of aryl methyl sites for hydroxylation is 2. The van der Waals surface area contributed by atoms with Crippen LogP contribution in [0.15, 0.2) is 4.52 Å². The number of aromatic nitrogens is 1. The maximum absolute atomic E-state index is 11.7. The molecule has 1 saturated heterocycles. The van der Waals surface area contributed by atoms with Crippen LogP contribution < -0.4 is 0 Å². The van der Waals surface area contributed by atoms with E-state index in [-0.39, 0.29) is 0 Å². The van der Waals surface area contributed by atoms with Gasteiger partial charge in [-0.2, -0.15) is 0 Å². The highest BCUT2D eigenvalue weighted by Gasteiger charge is 2.48. The van der Waals surface area contributed by atoms with Gasteiger partial charge in [0.25, 0.3) is 0 Å². The largest absolute Gasteiger partial charge is 0.481 e. The Kier molecular flexibility index (Phi) is 4.68. The molecule has 0 saturated carbocycles. The van der Waals surface area contributed by atoms with Crippen LogP contribution in [0.5, 0.6) is 0 Å². The fraction of sp³-hybridized carbons (Fsp3) is 0.733. The van der Waals surface area contributed by atoms with Crippen molar-refractivity contribution >= 4 is 5.97 Å². The van der Waals surface area contributed by atoms with E-state index in [1.54, 1.807) is 0 Å². The van der Waals surface area contributed by atoms with Gasteiger partial charge in [0.05, 0.1) is 11.8 Å². The summed E-state index contributed by atoms with van der Waals surface area (Å²) in [5, 5.41) is 23.8. The molecular weight excluding hydrogens is 272 g/mol. The van der Waals surface area contributed by atoms with E-state index in [2.05, 4.69) is 10.1 Å². The minimum atomic E-state index is -1.06. The monoisotopic (exact) mass is 296 g/mol. The number of aliphatic hydroxyl groups is 1. The molecule has 1 aliphatic rings. The highest BCUT2D eigenvalue weighted by Crippen LogP contribution is 2.36. The zero-order valence-electron chi connectivity index (χ0n) is 12.9. The quantitative estimate of drug-likeness (QED) is 0.860. The van der Waals surface area contributed by atoms with E-state index >= 15 is 0 Å². The molecule has 0 amide bonds. The third-order valence-corrected chi connectivity index (χ3v) is 4.55. The lowest BCUT2D eigenvalue weighted by Crippen LogP contribution is -2.55. The van der Waals surface area contributed by atoms with Crippen LogP contribution >= 0.6 is 0 Å². The third-order valence-electron chi connectivity index (χ3n) is 4.55. The van der Waals surface area contributed by atoms with E-state index in [0.29, 0.717) is 32.5 Å². The van der Waals surface area contributed by atoms with E-state index in [4.69, 9.17) is 4.52 Å². The fourth-order valence-corrected chi connectivity index (χ4v) is 3.26. The Morgan fingerprint density at radius 3 is 2.76 bits per heavy atom. The Balaban J connectivity index is 2.18. The van der Waals surface area contributed by atoms with Crippen LogP contribution in [-0.2, 0) is 11.3 Å². The zero-order chi connectivity index (χ0) is 15.6. The topological polar surface area (TPSA) is 86.8 Å². The summed E-state index contributed by atoms with van der Waals surface area (Å²) < 4.78 is 5.16. The molecule has 6 nitrogen and oxygen atoms in total. The summed E-state index contributed by atoms with van der Waals surface area (Å²) in [6.07, 6.45) is 0.927. The van der Waals surface area contributed by atoms with E-state index in [9.17, 15) is 15.0 Å². The molecule has 2 N–H and O–H groups in total. The first-order chi connectivity index (χ1) is 9.90. The Bertz CT molecular complexity index is 494. The van der Waals surface area contributed by atoms with Crippen LogP contribution in [0.4, 0.5) is 0 Å². The van der Waals surface area contributed by atoms with Gasteiger partial charge in [-0.3, -0.25) is 9.69 Å². The lowest BCUT2D eigenvalue weighted by molar-refractivity contribution is -0.164. The fourth-order valence-electron chi connectivity index (χ4n) is 3.26. The summed E-state index contributed by atoms with van der Waals surface area (Å²) in [4.78, 5) is 13.8. The number of carboxylic acid groups (broad SMARTS) is 1. The molecule has 0 unspecified atom stereocenters. The minimum absolute atomic E-state index is 0.363. The molecule has 6 heteroatoms. The summed E-state index contributed by atoms with van der Waals surface area (Å²) in [5.74, 6) is -0.129. The maximum atomic E-state index is 11.7. The van der Waals surface area contributed by atoms with Gasteiger partial charge in [-0.15, -0.1) is 0 Å². The molecule has 0 bridgehead atoms. The number of piperidine rings is 1. The van der Waals surface area contributed by atoms with Crippen LogP contribution in [0.3, 0.4) is 0 Å². The van der Waals surface area contributed by atoms with Crippen molar-refractivity contribution in [2.75, 3.05) is 13.1 Å². The number of rotatable bonds is 5. The molecule has 118 valence electrons. The molecule has 1 aromatic rings. The molecule has 0 spiro atoms. The molecular formula is C15H24N2O4. The van der Waals surface area contributed by atoms with Gasteiger partial charge in [0.15, 0.2) is 0 Å². The molecule has 1 aromatic heterocycles. The van der Waals surface area contributed by atoms with Crippen LogP contribution in [-0.4, -0.2) is 45.4 Å². The van der Waals surface area contributed by atoms with Crippen molar-refractivity contribution in [2.24, 2.45) is 5.41 Å². The van der Waals surface area contributed by atoms with Crippen molar-refractivity contribution in [3.05, 3.63) is 17.0 Å². The number of hydrogen-bond acceptors (Lipinski definition) is 5. The summed E-state index contributed by atoms with van der Waals surface area (Å²) in [5.41, 5.74) is 0.795. The summed E-state index contributed by atoms with van der Waals surface area (Å²) >= 11 is 0. The first-order valence-corrected chi connectivity index (χ1v) is 7.46. The van der Waals surface area contributed by atoms with Crippen LogP contribution in [0.25, 0.3) is 0 Å².